The maximum atomic E-state index is 5.57. The minimum absolute atomic E-state index is 0.633. The van der Waals surface area contributed by atoms with Crippen LogP contribution in [0.15, 0.2) is 50.3 Å². The summed E-state index contributed by atoms with van der Waals surface area (Å²) in [5, 5.41) is 0. The van der Waals surface area contributed by atoms with Crippen LogP contribution in [0, 0.1) is 6.92 Å². The van der Waals surface area contributed by atoms with Crippen molar-refractivity contribution >= 4 is 43.8 Å². The van der Waals surface area contributed by atoms with Crippen molar-refractivity contribution in [2.75, 3.05) is 6.61 Å². The molecule has 0 N–H and O–H groups in total. The predicted octanol–water partition coefficient (Wildman–Crippen LogP) is 5.67. The molecule has 0 saturated carbocycles. The number of hydrogen-bond acceptors (Lipinski definition) is 2. The Morgan fingerprint density at radius 2 is 1.80 bits per heavy atom. The average molecular weight is 397 g/mol. The number of benzene rings is 2. The highest BCUT2D eigenvalue weighted by molar-refractivity contribution is 9.11. The molecule has 0 atom stereocenters. The number of rotatable bonds is 4. The molecule has 2 aromatic rings. The molecule has 104 valence electrons. The molecule has 0 aromatic heterocycles. The van der Waals surface area contributed by atoms with Gasteiger partial charge in [-0.1, -0.05) is 18.2 Å². The highest BCUT2D eigenvalue weighted by Crippen LogP contribution is 2.34. The van der Waals surface area contributed by atoms with Crippen molar-refractivity contribution < 1.29 is 4.74 Å². The molecule has 0 bridgehead atoms. The smallest absolute Gasteiger partial charge is 0.147 e. The topological polar surface area (TPSA) is 21.6 Å². The lowest BCUT2D eigenvalue weighted by atomic mass is 10.2. The fraction of sp³-hybridized carbons (Fsp3) is 0.188. The zero-order valence-electron chi connectivity index (χ0n) is 11.4. The Balaban J connectivity index is 2.29. The molecule has 20 heavy (non-hydrogen) atoms. The zero-order chi connectivity index (χ0) is 14.5. The van der Waals surface area contributed by atoms with Crippen LogP contribution in [0.2, 0.25) is 0 Å². The Kier molecular flexibility index (Phi) is 5.38. The highest BCUT2D eigenvalue weighted by Gasteiger charge is 2.07. The van der Waals surface area contributed by atoms with Crippen LogP contribution in [0.3, 0.4) is 0 Å². The minimum atomic E-state index is 0.633. The number of hydrogen-bond donors (Lipinski definition) is 0. The Labute approximate surface area is 136 Å². The highest BCUT2D eigenvalue weighted by atomic mass is 79.9. The molecular formula is C16H15Br2NO. The summed E-state index contributed by atoms with van der Waals surface area (Å²) in [6.45, 7) is 4.65. The second-order valence-electron chi connectivity index (χ2n) is 4.29. The van der Waals surface area contributed by atoms with Crippen molar-refractivity contribution in [2.45, 2.75) is 13.8 Å². The first-order valence-corrected chi connectivity index (χ1v) is 7.92. The predicted molar refractivity (Wildman–Crippen MR) is 91.4 cm³/mol. The Bertz CT molecular complexity index is 615. The number of aliphatic imine (C=N–C) groups is 1. The van der Waals surface area contributed by atoms with Gasteiger partial charge in [-0.15, -0.1) is 0 Å². The first kappa shape index (κ1) is 15.3. The first-order valence-electron chi connectivity index (χ1n) is 6.33. The SMILES string of the molecule is CCOc1c(Br)cc(C=Nc2ccccc2C)cc1Br. The van der Waals surface area contributed by atoms with Crippen LogP contribution in [-0.2, 0) is 0 Å². The summed E-state index contributed by atoms with van der Waals surface area (Å²) in [4.78, 5) is 4.53. The molecule has 0 saturated heterocycles. The second-order valence-corrected chi connectivity index (χ2v) is 6.00. The molecule has 0 aliphatic carbocycles. The summed E-state index contributed by atoms with van der Waals surface area (Å²) in [6.07, 6.45) is 1.85. The monoisotopic (exact) mass is 395 g/mol. The van der Waals surface area contributed by atoms with Crippen LogP contribution < -0.4 is 4.74 Å². The third-order valence-corrected chi connectivity index (χ3v) is 3.96. The van der Waals surface area contributed by atoms with Crippen molar-refractivity contribution in [3.8, 4) is 5.75 Å². The normalized spacial score (nSPS) is 11.0. The molecular weight excluding hydrogens is 382 g/mol. The molecule has 0 amide bonds. The summed E-state index contributed by atoms with van der Waals surface area (Å²) >= 11 is 7.05. The summed E-state index contributed by atoms with van der Waals surface area (Å²) < 4.78 is 7.40. The summed E-state index contributed by atoms with van der Waals surface area (Å²) in [5.41, 5.74) is 3.15. The van der Waals surface area contributed by atoms with E-state index in [4.69, 9.17) is 4.74 Å². The van der Waals surface area contributed by atoms with E-state index in [-0.39, 0.29) is 0 Å². The molecule has 0 spiro atoms. The fourth-order valence-electron chi connectivity index (χ4n) is 1.79. The fourth-order valence-corrected chi connectivity index (χ4v) is 3.24. The molecule has 2 aromatic carbocycles. The van der Waals surface area contributed by atoms with Crippen molar-refractivity contribution in [3.05, 3.63) is 56.5 Å². The van der Waals surface area contributed by atoms with Gasteiger partial charge in [0.05, 0.1) is 21.2 Å². The number of nitrogens with zero attached hydrogens (tertiary/aromatic N) is 1. The van der Waals surface area contributed by atoms with E-state index in [0.717, 1.165) is 31.5 Å². The van der Waals surface area contributed by atoms with E-state index in [0.29, 0.717) is 6.61 Å². The quantitative estimate of drug-likeness (QED) is 0.610. The van der Waals surface area contributed by atoms with Gasteiger partial charge >= 0.3 is 0 Å². The van der Waals surface area contributed by atoms with Gasteiger partial charge in [-0.25, -0.2) is 0 Å². The molecule has 0 radical (unpaired) electrons. The standard InChI is InChI=1S/C16H15Br2NO/c1-3-20-16-13(17)8-12(9-14(16)18)10-19-15-7-5-4-6-11(15)2/h4-10H,3H2,1-2H3. The maximum Gasteiger partial charge on any atom is 0.147 e. The van der Waals surface area contributed by atoms with E-state index in [1.807, 2.05) is 43.5 Å². The van der Waals surface area contributed by atoms with E-state index < -0.39 is 0 Å². The average Bonchev–Trinajstić information content (AvgIpc) is 2.42. The lowest BCUT2D eigenvalue weighted by molar-refractivity contribution is 0.336. The van der Waals surface area contributed by atoms with Crippen LogP contribution in [0.1, 0.15) is 18.1 Å². The molecule has 0 fully saturated rings. The molecule has 2 rings (SSSR count). The van der Waals surface area contributed by atoms with Gasteiger partial charge in [-0.3, -0.25) is 4.99 Å². The lowest BCUT2D eigenvalue weighted by Gasteiger charge is -2.09. The molecule has 0 heterocycles. The van der Waals surface area contributed by atoms with Gasteiger partial charge in [0.25, 0.3) is 0 Å². The van der Waals surface area contributed by atoms with Gasteiger partial charge in [0.1, 0.15) is 5.75 Å². The van der Waals surface area contributed by atoms with E-state index in [9.17, 15) is 0 Å². The molecule has 0 aliphatic rings. The Morgan fingerprint density at radius 3 is 2.40 bits per heavy atom. The minimum Gasteiger partial charge on any atom is -0.492 e. The van der Waals surface area contributed by atoms with E-state index in [2.05, 4.69) is 49.8 Å². The molecule has 2 nitrogen and oxygen atoms in total. The van der Waals surface area contributed by atoms with Gasteiger partial charge in [-0.05, 0) is 75.0 Å². The zero-order valence-corrected chi connectivity index (χ0v) is 14.5. The summed E-state index contributed by atoms with van der Waals surface area (Å²) in [6, 6.07) is 12.1. The largest absolute Gasteiger partial charge is 0.492 e. The van der Waals surface area contributed by atoms with Gasteiger partial charge in [-0.2, -0.15) is 0 Å². The van der Waals surface area contributed by atoms with E-state index in [1.165, 1.54) is 0 Å². The lowest BCUT2D eigenvalue weighted by Crippen LogP contribution is -1.95. The van der Waals surface area contributed by atoms with E-state index >= 15 is 0 Å². The summed E-state index contributed by atoms with van der Waals surface area (Å²) in [7, 11) is 0. The Morgan fingerprint density at radius 1 is 1.15 bits per heavy atom. The molecule has 4 heteroatoms. The first-order chi connectivity index (χ1) is 9.61. The van der Waals surface area contributed by atoms with Crippen molar-refractivity contribution in [3.63, 3.8) is 0 Å². The van der Waals surface area contributed by atoms with Crippen molar-refractivity contribution in [2.24, 2.45) is 4.99 Å². The Hall–Kier alpha value is -1.13. The number of aryl methyl sites for hydroxylation is 1. The van der Waals surface area contributed by atoms with Crippen LogP contribution in [0.25, 0.3) is 0 Å². The maximum absolute atomic E-state index is 5.57. The van der Waals surface area contributed by atoms with Crippen molar-refractivity contribution in [1.29, 1.82) is 0 Å². The molecule has 0 aliphatic heterocycles. The van der Waals surface area contributed by atoms with E-state index in [1.54, 1.807) is 0 Å². The molecule has 0 unspecified atom stereocenters. The van der Waals surface area contributed by atoms with Gasteiger partial charge < -0.3 is 4.74 Å². The second kappa shape index (κ2) is 7.04. The third kappa shape index (κ3) is 3.70. The third-order valence-electron chi connectivity index (χ3n) is 2.78. The van der Waals surface area contributed by atoms with Crippen LogP contribution >= 0.6 is 31.9 Å². The van der Waals surface area contributed by atoms with Gasteiger partial charge in [0.2, 0.25) is 0 Å². The van der Waals surface area contributed by atoms with Gasteiger partial charge in [0.15, 0.2) is 0 Å². The number of ether oxygens (including phenoxy) is 1. The van der Waals surface area contributed by atoms with Gasteiger partial charge in [0, 0.05) is 6.21 Å². The van der Waals surface area contributed by atoms with Crippen LogP contribution in [0.4, 0.5) is 5.69 Å². The number of para-hydroxylation sites is 1. The number of halogens is 2. The van der Waals surface area contributed by atoms with Crippen LogP contribution in [-0.4, -0.2) is 12.8 Å². The summed E-state index contributed by atoms with van der Waals surface area (Å²) in [5.74, 6) is 0.820. The van der Waals surface area contributed by atoms with Crippen LogP contribution in [0.5, 0.6) is 5.75 Å². The van der Waals surface area contributed by atoms with Crippen molar-refractivity contribution in [1.82, 2.24) is 0 Å².